The van der Waals surface area contributed by atoms with Gasteiger partial charge in [-0.1, -0.05) is 25.1 Å². The van der Waals surface area contributed by atoms with Crippen LogP contribution in [-0.4, -0.2) is 11.1 Å². The molecule has 0 aliphatic carbocycles. The number of hydrogen-bond donors (Lipinski definition) is 1. The zero-order valence-electron chi connectivity index (χ0n) is 12.6. The van der Waals surface area contributed by atoms with Gasteiger partial charge in [-0.3, -0.25) is 0 Å². The van der Waals surface area contributed by atoms with E-state index in [9.17, 15) is 9.18 Å². The molecule has 4 nitrogen and oxygen atoms in total. The Bertz CT molecular complexity index is 735. The molecule has 0 aliphatic heterocycles. The third-order valence-electron chi connectivity index (χ3n) is 3.52. The molecule has 0 amide bonds. The standard InChI is InChI=1S/C18H16FNO3/c1-2-17(13-5-3-12(10-20)4-6-13)23-11-15-8-7-14(18(21)22)9-16(15)19/h3-9,17H,2,11H2,1H3,(H,21,22). The van der Waals surface area contributed by atoms with Crippen LogP contribution in [0.3, 0.4) is 0 Å². The molecule has 0 aromatic heterocycles. The fourth-order valence-corrected chi connectivity index (χ4v) is 2.21. The van der Waals surface area contributed by atoms with Gasteiger partial charge in [-0.2, -0.15) is 5.26 Å². The van der Waals surface area contributed by atoms with Crippen LogP contribution < -0.4 is 0 Å². The van der Waals surface area contributed by atoms with E-state index in [4.69, 9.17) is 15.1 Å². The van der Waals surface area contributed by atoms with Crippen molar-refractivity contribution in [1.82, 2.24) is 0 Å². The molecule has 5 heteroatoms. The highest BCUT2D eigenvalue weighted by Crippen LogP contribution is 2.23. The Morgan fingerprint density at radius 2 is 2.00 bits per heavy atom. The van der Waals surface area contributed by atoms with Crippen LogP contribution in [0.2, 0.25) is 0 Å². The number of aromatic carboxylic acids is 1. The highest BCUT2D eigenvalue weighted by Gasteiger charge is 2.13. The van der Waals surface area contributed by atoms with Crippen molar-refractivity contribution in [2.24, 2.45) is 0 Å². The lowest BCUT2D eigenvalue weighted by Gasteiger charge is -2.17. The number of carboxylic acid groups (broad SMARTS) is 1. The van der Waals surface area contributed by atoms with Gasteiger partial charge in [0.1, 0.15) is 5.82 Å². The predicted octanol–water partition coefficient (Wildman–Crippen LogP) is 4.06. The van der Waals surface area contributed by atoms with Crippen molar-refractivity contribution < 1.29 is 19.0 Å². The van der Waals surface area contributed by atoms with E-state index >= 15 is 0 Å². The van der Waals surface area contributed by atoms with Gasteiger partial charge in [0, 0.05) is 5.56 Å². The highest BCUT2D eigenvalue weighted by molar-refractivity contribution is 5.87. The Hall–Kier alpha value is -2.71. The van der Waals surface area contributed by atoms with Crippen molar-refractivity contribution in [3.05, 3.63) is 70.5 Å². The van der Waals surface area contributed by atoms with Gasteiger partial charge in [0.15, 0.2) is 0 Å². The summed E-state index contributed by atoms with van der Waals surface area (Å²) in [7, 11) is 0. The molecule has 0 saturated carbocycles. The summed E-state index contributed by atoms with van der Waals surface area (Å²) in [6, 6.07) is 12.9. The Labute approximate surface area is 133 Å². The maximum absolute atomic E-state index is 13.9. The van der Waals surface area contributed by atoms with Crippen LogP contribution in [0.15, 0.2) is 42.5 Å². The van der Waals surface area contributed by atoms with Gasteiger partial charge in [0.05, 0.1) is 29.9 Å². The second-order valence-electron chi connectivity index (χ2n) is 5.05. The summed E-state index contributed by atoms with van der Waals surface area (Å²) in [6.45, 7) is 2.00. The van der Waals surface area contributed by atoms with E-state index in [1.807, 2.05) is 19.1 Å². The lowest BCUT2D eigenvalue weighted by atomic mass is 10.1. The number of halogens is 1. The zero-order valence-corrected chi connectivity index (χ0v) is 12.6. The van der Waals surface area contributed by atoms with Crippen LogP contribution in [0.1, 0.15) is 46.5 Å². The Balaban J connectivity index is 2.08. The molecule has 0 heterocycles. The summed E-state index contributed by atoms with van der Waals surface area (Å²) in [5.74, 6) is -1.76. The van der Waals surface area contributed by atoms with Crippen LogP contribution in [0.5, 0.6) is 0 Å². The molecule has 0 fully saturated rings. The second kappa shape index (κ2) is 7.52. The smallest absolute Gasteiger partial charge is 0.335 e. The molecule has 0 spiro atoms. The van der Waals surface area contributed by atoms with Crippen molar-refractivity contribution in [2.75, 3.05) is 0 Å². The van der Waals surface area contributed by atoms with E-state index in [0.717, 1.165) is 11.6 Å². The van der Waals surface area contributed by atoms with Crippen LogP contribution in [0.4, 0.5) is 4.39 Å². The summed E-state index contributed by atoms with van der Waals surface area (Å²) in [4.78, 5) is 10.8. The van der Waals surface area contributed by atoms with E-state index in [1.165, 1.54) is 12.1 Å². The van der Waals surface area contributed by atoms with E-state index in [-0.39, 0.29) is 18.3 Å². The average molecular weight is 313 g/mol. The fraction of sp³-hybridized carbons (Fsp3) is 0.222. The summed E-state index contributed by atoms with van der Waals surface area (Å²) in [5, 5.41) is 17.6. The number of carboxylic acids is 1. The predicted molar refractivity (Wildman–Crippen MR) is 82.3 cm³/mol. The Kier molecular flexibility index (Phi) is 5.45. The molecule has 1 unspecified atom stereocenters. The van der Waals surface area contributed by atoms with Crippen molar-refractivity contribution in [1.29, 1.82) is 5.26 Å². The molecule has 0 saturated heterocycles. The molecular weight excluding hydrogens is 297 g/mol. The molecule has 0 bridgehead atoms. The highest BCUT2D eigenvalue weighted by atomic mass is 19.1. The van der Waals surface area contributed by atoms with Gasteiger partial charge < -0.3 is 9.84 Å². The minimum absolute atomic E-state index is 0.0459. The number of ether oxygens (including phenoxy) is 1. The van der Waals surface area contributed by atoms with E-state index < -0.39 is 11.8 Å². The molecular formula is C18H16FNO3. The minimum Gasteiger partial charge on any atom is -0.478 e. The normalized spacial score (nSPS) is 11.7. The third kappa shape index (κ3) is 4.15. The second-order valence-corrected chi connectivity index (χ2v) is 5.05. The van der Waals surface area contributed by atoms with Gasteiger partial charge in [-0.25, -0.2) is 9.18 Å². The largest absolute Gasteiger partial charge is 0.478 e. The monoisotopic (exact) mass is 313 g/mol. The fourth-order valence-electron chi connectivity index (χ4n) is 2.21. The molecule has 1 N–H and O–H groups in total. The average Bonchev–Trinajstić information content (AvgIpc) is 2.57. The third-order valence-corrected chi connectivity index (χ3v) is 3.52. The Morgan fingerprint density at radius 3 is 2.52 bits per heavy atom. The lowest BCUT2D eigenvalue weighted by Crippen LogP contribution is -2.06. The first-order valence-corrected chi connectivity index (χ1v) is 7.18. The van der Waals surface area contributed by atoms with Crippen molar-refractivity contribution >= 4 is 5.97 Å². The van der Waals surface area contributed by atoms with Gasteiger partial charge in [-0.05, 0) is 36.2 Å². The summed E-state index contributed by atoms with van der Waals surface area (Å²) in [6.07, 6.45) is 0.474. The first-order chi connectivity index (χ1) is 11.0. The van der Waals surface area contributed by atoms with Crippen molar-refractivity contribution in [3.63, 3.8) is 0 Å². The number of carbonyl (C=O) groups is 1. The summed E-state index contributed by atoms with van der Waals surface area (Å²) in [5.41, 5.74) is 1.69. The molecule has 2 aromatic rings. The van der Waals surface area contributed by atoms with E-state index in [1.54, 1.807) is 12.1 Å². The first-order valence-electron chi connectivity index (χ1n) is 7.18. The maximum atomic E-state index is 13.9. The zero-order chi connectivity index (χ0) is 16.8. The van der Waals surface area contributed by atoms with Crippen LogP contribution in [-0.2, 0) is 11.3 Å². The van der Waals surface area contributed by atoms with Crippen molar-refractivity contribution in [3.8, 4) is 6.07 Å². The molecule has 2 aromatic carbocycles. The molecule has 118 valence electrons. The van der Waals surface area contributed by atoms with Gasteiger partial charge in [0.25, 0.3) is 0 Å². The number of nitrogens with zero attached hydrogens (tertiary/aromatic N) is 1. The minimum atomic E-state index is -1.17. The number of rotatable bonds is 6. The molecule has 0 aliphatic rings. The maximum Gasteiger partial charge on any atom is 0.335 e. The molecule has 23 heavy (non-hydrogen) atoms. The molecule has 2 rings (SSSR count). The quantitative estimate of drug-likeness (QED) is 0.873. The lowest BCUT2D eigenvalue weighted by molar-refractivity contribution is 0.0356. The Morgan fingerprint density at radius 1 is 1.30 bits per heavy atom. The number of benzene rings is 2. The van der Waals surface area contributed by atoms with Gasteiger partial charge in [-0.15, -0.1) is 0 Å². The topological polar surface area (TPSA) is 70.3 Å². The molecule has 1 atom stereocenters. The van der Waals surface area contributed by atoms with Gasteiger partial charge >= 0.3 is 5.97 Å². The first kappa shape index (κ1) is 16.7. The van der Waals surface area contributed by atoms with E-state index in [2.05, 4.69) is 6.07 Å². The van der Waals surface area contributed by atoms with Crippen LogP contribution >= 0.6 is 0 Å². The van der Waals surface area contributed by atoms with Crippen molar-refractivity contribution in [2.45, 2.75) is 26.1 Å². The van der Waals surface area contributed by atoms with E-state index in [0.29, 0.717) is 17.5 Å². The van der Waals surface area contributed by atoms with Crippen LogP contribution in [0, 0.1) is 17.1 Å². The SMILES string of the molecule is CCC(OCc1ccc(C(=O)O)cc1F)c1ccc(C#N)cc1. The summed E-state index contributed by atoms with van der Waals surface area (Å²) >= 11 is 0. The molecule has 0 radical (unpaired) electrons. The summed E-state index contributed by atoms with van der Waals surface area (Å²) < 4.78 is 19.6. The number of nitriles is 1. The van der Waals surface area contributed by atoms with Crippen LogP contribution in [0.25, 0.3) is 0 Å². The number of hydrogen-bond acceptors (Lipinski definition) is 3. The van der Waals surface area contributed by atoms with Gasteiger partial charge in [0.2, 0.25) is 0 Å².